The van der Waals surface area contributed by atoms with Gasteiger partial charge in [0.05, 0.1) is 0 Å². The molecule has 1 aromatic rings. The normalized spacial score (nSPS) is 11.9. The van der Waals surface area contributed by atoms with Gasteiger partial charge in [0.25, 0.3) is 0 Å². The standard InChI is InChI=1S/C11H13FN2O2/c1-7(11(13)16)14(2)10-4-3-9(12)5-8(10)6-15/h3-7H,1-2H3,(H2,13,16). The van der Waals surface area contributed by atoms with E-state index in [4.69, 9.17) is 5.73 Å². The predicted octanol–water partition coefficient (Wildman–Crippen LogP) is 0.948. The second-order valence-electron chi connectivity index (χ2n) is 3.51. The molecule has 1 unspecified atom stereocenters. The van der Waals surface area contributed by atoms with Gasteiger partial charge in [0, 0.05) is 18.3 Å². The van der Waals surface area contributed by atoms with Gasteiger partial charge in [0.1, 0.15) is 11.9 Å². The minimum atomic E-state index is -0.566. The number of anilines is 1. The van der Waals surface area contributed by atoms with E-state index in [9.17, 15) is 14.0 Å². The van der Waals surface area contributed by atoms with Crippen LogP contribution in [0.15, 0.2) is 18.2 Å². The van der Waals surface area contributed by atoms with Crippen molar-refractivity contribution in [2.24, 2.45) is 5.73 Å². The third-order valence-corrected chi connectivity index (χ3v) is 2.49. The molecule has 0 spiro atoms. The molecule has 5 heteroatoms. The summed E-state index contributed by atoms with van der Waals surface area (Å²) >= 11 is 0. The number of amides is 1. The molecular formula is C11H13FN2O2. The van der Waals surface area contributed by atoms with Gasteiger partial charge in [-0.3, -0.25) is 9.59 Å². The van der Waals surface area contributed by atoms with E-state index < -0.39 is 17.8 Å². The van der Waals surface area contributed by atoms with Crippen molar-refractivity contribution in [1.29, 1.82) is 0 Å². The molecule has 86 valence electrons. The second kappa shape index (κ2) is 4.74. The minimum Gasteiger partial charge on any atom is -0.368 e. The SMILES string of the molecule is CC(C(N)=O)N(C)c1ccc(F)cc1C=O. The van der Waals surface area contributed by atoms with Crippen molar-refractivity contribution < 1.29 is 14.0 Å². The van der Waals surface area contributed by atoms with Crippen LogP contribution in [0.5, 0.6) is 0 Å². The zero-order chi connectivity index (χ0) is 12.3. The lowest BCUT2D eigenvalue weighted by Crippen LogP contribution is -2.40. The number of nitrogens with zero attached hydrogens (tertiary/aromatic N) is 1. The molecule has 0 aromatic heterocycles. The number of likely N-dealkylation sites (N-methyl/N-ethyl adjacent to an activating group) is 1. The van der Waals surface area contributed by atoms with Gasteiger partial charge < -0.3 is 10.6 Å². The molecule has 0 aliphatic rings. The first-order valence-electron chi connectivity index (χ1n) is 4.74. The van der Waals surface area contributed by atoms with E-state index in [-0.39, 0.29) is 5.56 Å². The van der Waals surface area contributed by atoms with Gasteiger partial charge in [-0.2, -0.15) is 0 Å². The zero-order valence-electron chi connectivity index (χ0n) is 9.11. The highest BCUT2D eigenvalue weighted by Crippen LogP contribution is 2.20. The highest BCUT2D eigenvalue weighted by Gasteiger charge is 2.17. The first kappa shape index (κ1) is 12.2. The van der Waals surface area contributed by atoms with Gasteiger partial charge in [0.15, 0.2) is 6.29 Å². The van der Waals surface area contributed by atoms with Crippen LogP contribution in [0.3, 0.4) is 0 Å². The average Bonchev–Trinajstić information content (AvgIpc) is 2.26. The van der Waals surface area contributed by atoms with Crippen molar-refractivity contribution in [2.75, 3.05) is 11.9 Å². The van der Waals surface area contributed by atoms with E-state index >= 15 is 0 Å². The number of hydrogen-bond acceptors (Lipinski definition) is 3. The first-order valence-corrected chi connectivity index (χ1v) is 4.74. The van der Waals surface area contributed by atoms with Gasteiger partial charge in [-0.1, -0.05) is 0 Å². The van der Waals surface area contributed by atoms with Crippen LogP contribution in [-0.4, -0.2) is 25.3 Å². The number of benzene rings is 1. The molecule has 0 heterocycles. The summed E-state index contributed by atoms with van der Waals surface area (Å²) in [5.74, 6) is -1.00. The Morgan fingerprint density at radius 2 is 2.19 bits per heavy atom. The summed E-state index contributed by atoms with van der Waals surface area (Å²) in [6.45, 7) is 1.61. The maximum atomic E-state index is 12.9. The quantitative estimate of drug-likeness (QED) is 0.774. The molecule has 4 nitrogen and oxygen atoms in total. The Morgan fingerprint density at radius 1 is 1.56 bits per heavy atom. The maximum Gasteiger partial charge on any atom is 0.239 e. The molecule has 0 radical (unpaired) electrons. The van der Waals surface area contributed by atoms with Crippen LogP contribution in [0, 0.1) is 5.82 Å². The van der Waals surface area contributed by atoms with Crippen molar-refractivity contribution in [2.45, 2.75) is 13.0 Å². The molecule has 0 bridgehead atoms. The highest BCUT2D eigenvalue weighted by atomic mass is 19.1. The van der Waals surface area contributed by atoms with Crippen LogP contribution in [0.25, 0.3) is 0 Å². The molecule has 0 saturated heterocycles. The van der Waals surface area contributed by atoms with Gasteiger partial charge in [-0.25, -0.2) is 4.39 Å². The molecule has 1 atom stereocenters. The van der Waals surface area contributed by atoms with Crippen LogP contribution >= 0.6 is 0 Å². The summed E-state index contributed by atoms with van der Waals surface area (Å²) in [4.78, 5) is 23.3. The van der Waals surface area contributed by atoms with E-state index in [1.165, 1.54) is 17.0 Å². The van der Waals surface area contributed by atoms with Crippen LogP contribution in [0.1, 0.15) is 17.3 Å². The Morgan fingerprint density at radius 3 is 2.69 bits per heavy atom. The number of halogens is 1. The highest BCUT2D eigenvalue weighted by molar-refractivity contribution is 5.88. The lowest BCUT2D eigenvalue weighted by Gasteiger charge is -2.25. The number of aldehydes is 1. The number of carbonyl (C=O) groups is 2. The lowest BCUT2D eigenvalue weighted by atomic mass is 10.1. The van der Waals surface area contributed by atoms with Gasteiger partial charge in [-0.05, 0) is 25.1 Å². The molecule has 1 rings (SSSR count). The largest absolute Gasteiger partial charge is 0.368 e. The smallest absolute Gasteiger partial charge is 0.239 e. The Balaban J connectivity index is 3.12. The van der Waals surface area contributed by atoms with Crippen LogP contribution < -0.4 is 10.6 Å². The topological polar surface area (TPSA) is 63.4 Å². The fraction of sp³-hybridized carbons (Fsp3) is 0.273. The van der Waals surface area contributed by atoms with Crippen molar-refractivity contribution >= 4 is 17.9 Å². The molecule has 1 aromatic carbocycles. The van der Waals surface area contributed by atoms with Gasteiger partial charge >= 0.3 is 0 Å². The molecule has 0 aliphatic carbocycles. The van der Waals surface area contributed by atoms with E-state index in [1.807, 2.05) is 0 Å². The average molecular weight is 224 g/mol. The first-order chi connectivity index (χ1) is 7.47. The van der Waals surface area contributed by atoms with Crippen LogP contribution in [-0.2, 0) is 4.79 Å². The molecule has 16 heavy (non-hydrogen) atoms. The van der Waals surface area contributed by atoms with Crippen molar-refractivity contribution in [3.05, 3.63) is 29.6 Å². The molecule has 0 aliphatic heterocycles. The number of primary amides is 1. The summed E-state index contributed by atoms with van der Waals surface area (Å²) in [6.07, 6.45) is 0.544. The fourth-order valence-corrected chi connectivity index (χ4v) is 1.34. The monoisotopic (exact) mass is 224 g/mol. The number of nitrogens with two attached hydrogens (primary N) is 1. The third kappa shape index (κ3) is 2.36. The molecular weight excluding hydrogens is 211 g/mol. The van der Waals surface area contributed by atoms with Crippen LogP contribution in [0.4, 0.5) is 10.1 Å². The van der Waals surface area contributed by atoms with Crippen molar-refractivity contribution in [3.8, 4) is 0 Å². The summed E-state index contributed by atoms with van der Waals surface area (Å²) in [7, 11) is 1.62. The summed E-state index contributed by atoms with van der Waals surface area (Å²) in [5, 5.41) is 0. The number of carbonyl (C=O) groups excluding carboxylic acids is 2. The number of hydrogen-bond donors (Lipinski definition) is 1. The number of rotatable bonds is 4. The van der Waals surface area contributed by atoms with Crippen molar-refractivity contribution in [3.63, 3.8) is 0 Å². The van der Waals surface area contributed by atoms with Gasteiger partial charge in [-0.15, -0.1) is 0 Å². The van der Waals surface area contributed by atoms with Crippen molar-refractivity contribution in [1.82, 2.24) is 0 Å². The Kier molecular flexibility index (Phi) is 3.60. The zero-order valence-corrected chi connectivity index (χ0v) is 9.11. The van der Waals surface area contributed by atoms with E-state index in [0.717, 1.165) is 6.07 Å². The second-order valence-corrected chi connectivity index (χ2v) is 3.51. The van der Waals surface area contributed by atoms with E-state index in [2.05, 4.69) is 0 Å². The Hall–Kier alpha value is -1.91. The Labute approximate surface area is 92.8 Å². The molecule has 2 N–H and O–H groups in total. The Bertz CT molecular complexity index is 420. The van der Waals surface area contributed by atoms with Gasteiger partial charge in [0.2, 0.25) is 5.91 Å². The molecule has 1 amide bonds. The summed E-state index contributed by atoms with van der Waals surface area (Å²) < 4.78 is 12.9. The minimum absolute atomic E-state index is 0.190. The fourth-order valence-electron chi connectivity index (χ4n) is 1.34. The summed E-state index contributed by atoms with van der Waals surface area (Å²) in [6, 6.07) is 3.22. The van der Waals surface area contributed by atoms with Crippen LogP contribution in [0.2, 0.25) is 0 Å². The van der Waals surface area contributed by atoms with E-state index in [0.29, 0.717) is 12.0 Å². The molecule has 0 saturated carbocycles. The molecule has 0 fully saturated rings. The third-order valence-electron chi connectivity index (χ3n) is 2.49. The van der Waals surface area contributed by atoms with E-state index in [1.54, 1.807) is 14.0 Å². The lowest BCUT2D eigenvalue weighted by molar-refractivity contribution is -0.118. The maximum absolute atomic E-state index is 12.9. The summed E-state index contributed by atoms with van der Waals surface area (Å²) in [5.41, 5.74) is 5.82. The predicted molar refractivity (Wildman–Crippen MR) is 58.8 cm³/mol.